The van der Waals surface area contributed by atoms with Crippen LogP contribution < -0.4 is 0 Å². The maximum Gasteiger partial charge on any atom is 0.222 e. The third-order valence-electron chi connectivity index (χ3n) is 5.94. The number of piperidine rings is 2. The molecule has 2 saturated heterocycles. The fraction of sp³-hybridized carbons (Fsp3) is 0.650. The number of carbonyl (C=O) groups excluding carboxylic acids is 1. The third-order valence-corrected chi connectivity index (χ3v) is 5.94. The number of aliphatic hydroxyl groups is 2. The molecular weight excluding hydrogens is 316 g/mol. The average molecular weight is 346 g/mol. The number of hydrogen-bond acceptors (Lipinski definition) is 4. The van der Waals surface area contributed by atoms with Crippen molar-refractivity contribution in [1.29, 1.82) is 0 Å². The van der Waals surface area contributed by atoms with Crippen LogP contribution in [0.3, 0.4) is 0 Å². The van der Waals surface area contributed by atoms with Gasteiger partial charge in [-0.2, -0.15) is 0 Å². The van der Waals surface area contributed by atoms with E-state index in [0.29, 0.717) is 13.0 Å². The molecule has 1 amide bonds. The highest BCUT2D eigenvalue weighted by molar-refractivity contribution is 5.77. The largest absolute Gasteiger partial charge is 0.395 e. The lowest BCUT2D eigenvalue weighted by molar-refractivity contribution is -0.139. The van der Waals surface area contributed by atoms with E-state index in [9.17, 15) is 9.90 Å². The van der Waals surface area contributed by atoms with E-state index < -0.39 is 6.10 Å². The van der Waals surface area contributed by atoms with Crippen molar-refractivity contribution >= 4 is 5.91 Å². The zero-order valence-corrected chi connectivity index (χ0v) is 14.9. The number of likely N-dealkylation sites (tertiary alicyclic amines) is 2. The second-order valence-electron chi connectivity index (χ2n) is 7.60. The fourth-order valence-corrected chi connectivity index (χ4v) is 4.23. The van der Waals surface area contributed by atoms with Gasteiger partial charge in [0, 0.05) is 26.1 Å². The molecule has 0 saturated carbocycles. The highest BCUT2D eigenvalue weighted by Gasteiger charge is 2.40. The first-order chi connectivity index (χ1) is 12.1. The predicted molar refractivity (Wildman–Crippen MR) is 97.0 cm³/mol. The molecule has 0 aliphatic carbocycles. The summed E-state index contributed by atoms with van der Waals surface area (Å²) in [5, 5.41) is 19.5. The maximum absolute atomic E-state index is 12.0. The van der Waals surface area contributed by atoms with Crippen LogP contribution in [0.2, 0.25) is 0 Å². The van der Waals surface area contributed by atoms with Gasteiger partial charge in [-0.3, -0.25) is 4.79 Å². The molecular formula is C20H30N2O3. The van der Waals surface area contributed by atoms with E-state index in [1.165, 1.54) is 0 Å². The molecule has 2 aliphatic heterocycles. The lowest BCUT2D eigenvalue weighted by atomic mass is 9.72. The number of aliphatic hydroxyl groups excluding tert-OH is 2. The van der Waals surface area contributed by atoms with Crippen molar-refractivity contribution in [1.82, 2.24) is 9.80 Å². The Hall–Kier alpha value is -1.43. The van der Waals surface area contributed by atoms with Gasteiger partial charge in [0.05, 0.1) is 12.7 Å². The number of nitrogens with zero attached hydrogens (tertiary/aromatic N) is 2. The topological polar surface area (TPSA) is 64.0 Å². The number of rotatable bonds is 6. The molecule has 5 nitrogen and oxygen atoms in total. The first kappa shape index (κ1) is 18.4. The molecule has 5 heteroatoms. The molecule has 2 aliphatic rings. The SMILES string of the molecule is O=C1CCC2(CCN(CC[C@H](O)c3ccccc3)CC2)CN1CCO. The van der Waals surface area contributed by atoms with E-state index in [-0.39, 0.29) is 17.9 Å². The van der Waals surface area contributed by atoms with Gasteiger partial charge >= 0.3 is 0 Å². The zero-order chi connectivity index (χ0) is 17.7. The summed E-state index contributed by atoms with van der Waals surface area (Å²) in [6.07, 6.45) is 4.16. The van der Waals surface area contributed by atoms with Crippen molar-refractivity contribution in [3.63, 3.8) is 0 Å². The number of β-amino-alcohol motifs (C(OH)–C–C–N with tert-alkyl or cyclic N) is 1. The zero-order valence-electron chi connectivity index (χ0n) is 14.9. The Kier molecular flexibility index (Phi) is 6.10. The summed E-state index contributed by atoms with van der Waals surface area (Å²) < 4.78 is 0. The molecule has 3 rings (SSSR count). The summed E-state index contributed by atoms with van der Waals surface area (Å²) in [6.45, 7) is 4.28. The van der Waals surface area contributed by atoms with E-state index >= 15 is 0 Å². The second-order valence-corrected chi connectivity index (χ2v) is 7.60. The van der Waals surface area contributed by atoms with Crippen molar-refractivity contribution in [2.75, 3.05) is 39.3 Å². The minimum absolute atomic E-state index is 0.0469. The summed E-state index contributed by atoms with van der Waals surface area (Å²) in [4.78, 5) is 16.2. The highest BCUT2D eigenvalue weighted by Crippen LogP contribution is 2.40. The van der Waals surface area contributed by atoms with Gasteiger partial charge in [-0.25, -0.2) is 0 Å². The molecule has 2 heterocycles. The summed E-state index contributed by atoms with van der Waals surface area (Å²) in [5.74, 6) is 0.188. The molecule has 1 aromatic carbocycles. The number of hydrogen-bond donors (Lipinski definition) is 2. The van der Waals surface area contributed by atoms with Gasteiger partial charge in [-0.1, -0.05) is 30.3 Å². The number of amides is 1. The lowest BCUT2D eigenvalue weighted by Crippen LogP contribution is -2.52. The van der Waals surface area contributed by atoms with Crippen LogP contribution in [-0.4, -0.2) is 65.3 Å². The Labute approximate surface area is 150 Å². The van der Waals surface area contributed by atoms with E-state index in [1.807, 2.05) is 35.2 Å². The average Bonchev–Trinajstić information content (AvgIpc) is 2.65. The summed E-state index contributed by atoms with van der Waals surface area (Å²) in [5.41, 5.74) is 1.22. The lowest BCUT2D eigenvalue weighted by Gasteiger charge is -2.47. The van der Waals surface area contributed by atoms with Crippen molar-refractivity contribution in [3.05, 3.63) is 35.9 Å². The minimum Gasteiger partial charge on any atom is -0.395 e. The van der Waals surface area contributed by atoms with E-state index in [0.717, 1.165) is 57.4 Å². The third kappa shape index (κ3) is 4.60. The normalized spacial score (nSPS) is 22.3. The van der Waals surface area contributed by atoms with Gasteiger partial charge in [-0.05, 0) is 49.8 Å². The van der Waals surface area contributed by atoms with Gasteiger partial charge in [0.15, 0.2) is 0 Å². The number of benzene rings is 1. The van der Waals surface area contributed by atoms with Crippen molar-refractivity contribution < 1.29 is 15.0 Å². The van der Waals surface area contributed by atoms with Crippen LogP contribution in [0.4, 0.5) is 0 Å². The first-order valence-electron chi connectivity index (χ1n) is 9.46. The summed E-state index contributed by atoms with van der Waals surface area (Å²) in [6, 6.07) is 9.85. The molecule has 0 radical (unpaired) electrons. The molecule has 25 heavy (non-hydrogen) atoms. The molecule has 0 unspecified atom stereocenters. The first-order valence-corrected chi connectivity index (χ1v) is 9.46. The minimum atomic E-state index is -0.399. The van der Waals surface area contributed by atoms with Crippen molar-refractivity contribution in [2.24, 2.45) is 5.41 Å². The quantitative estimate of drug-likeness (QED) is 0.825. The van der Waals surface area contributed by atoms with E-state index in [1.54, 1.807) is 0 Å². The van der Waals surface area contributed by atoms with Gasteiger partial charge in [0.25, 0.3) is 0 Å². The molecule has 1 spiro atoms. The van der Waals surface area contributed by atoms with Gasteiger partial charge in [-0.15, -0.1) is 0 Å². The van der Waals surface area contributed by atoms with E-state index in [2.05, 4.69) is 4.90 Å². The molecule has 1 atom stereocenters. The fourth-order valence-electron chi connectivity index (χ4n) is 4.23. The van der Waals surface area contributed by atoms with E-state index in [4.69, 9.17) is 5.11 Å². The molecule has 0 bridgehead atoms. The Morgan fingerprint density at radius 3 is 2.48 bits per heavy atom. The monoisotopic (exact) mass is 346 g/mol. The molecule has 2 fully saturated rings. The van der Waals surface area contributed by atoms with Gasteiger partial charge in [0.2, 0.25) is 5.91 Å². The maximum atomic E-state index is 12.0. The van der Waals surface area contributed by atoms with Crippen LogP contribution in [-0.2, 0) is 4.79 Å². The van der Waals surface area contributed by atoms with Crippen molar-refractivity contribution in [2.45, 2.75) is 38.2 Å². The van der Waals surface area contributed by atoms with Gasteiger partial charge in [0.1, 0.15) is 0 Å². The molecule has 0 aromatic heterocycles. The summed E-state index contributed by atoms with van der Waals surface area (Å²) >= 11 is 0. The van der Waals surface area contributed by atoms with Crippen LogP contribution >= 0.6 is 0 Å². The molecule has 2 N–H and O–H groups in total. The second kappa shape index (κ2) is 8.30. The van der Waals surface area contributed by atoms with Crippen LogP contribution in [0.25, 0.3) is 0 Å². The van der Waals surface area contributed by atoms with Crippen LogP contribution in [0, 0.1) is 5.41 Å². The predicted octanol–water partition coefficient (Wildman–Crippen LogP) is 1.81. The Balaban J connectivity index is 1.46. The highest BCUT2D eigenvalue weighted by atomic mass is 16.3. The Morgan fingerprint density at radius 1 is 1.08 bits per heavy atom. The summed E-state index contributed by atoms with van der Waals surface area (Å²) in [7, 11) is 0. The smallest absolute Gasteiger partial charge is 0.222 e. The van der Waals surface area contributed by atoms with Crippen LogP contribution in [0.1, 0.15) is 43.8 Å². The Bertz CT molecular complexity index is 555. The standard InChI is InChI=1S/C20H30N2O3/c23-15-14-22-16-20(8-6-19(22)25)9-12-21(13-10-20)11-7-18(24)17-4-2-1-3-5-17/h1-5,18,23-24H,6-16H2/t18-/m0/s1. The van der Waals surface area contributed by atoms with Gasteiger partial charge < -0.3 is 20.0 Å². The molecule has 138 valence electrons. The Morgan fingerprint density at radius 2 is 1.80 bits per heavy atom. The van der Waals surface area contributed by atoms with Crippen molar-refractivity contribution in [3.8, 4) is 0 Å². The van der Waals surface area contributed by atoms with Crippen LogP contribution in [0.5, 0.6) is 0 Å². The van der Waals surface area contributed by atoms with Crippen LogP contribution in [0.15, 0.2) is 30.3 Å². The number of carbonyl (C=O) groups is 1. The molecule has 1 aromatic rings.